The van der Waals surface area contributed by atoms with Crippen molar-refractivity contribution < 1.29 is 13.2 Å². The molecule has 0 heterocycles. The molecule has 1 fully saturated rings. The molecule has 6 nitrogen and oxygen atoms in total. The SMILES string of the molecule is COc1cc(CN)ccc1NS(=O)(=O)NC1CC1. The van der Waals surface area contributed by atoms with Gasteiger partial charge in [0.15, 0.2) is 0 Å². The van der Waals surface area contributed by atoms with E-state index in [1.54, 1.807) is 18.2 Å². The summed E-state index contributed by atoms with van der Waals surface area (Å²) in [4.78, 5) is 0. The van der Waals surface area contributed by atoms with Gasteiger partial charge in [0.25, 0.3) is 10.2 Å². The van der Waals surface area contributed by atoms with Crippen LogP contribution in [0.4, 0.5) is 5.69 Å². The first-order chi connectivity index (χ1) is 8.54. The summed E-state index contributed by atoms with van der Waals surface area (Å²) >= 11 is 0. The van der Waals surface area contributed by atoms with Crippen molar-refractivity contribution >= 4 is 15.9 Å². The molecule has 18 heavy (non-hydrogen) atoms. The fourth-order valence-electron chi connectivity index (χ4n) is 1.54. The summed E-state index contributed by atoms with van der Waals surface area (Å²) in [6, 6.07) is 5.19. The zero-order valence-electron chi connectivity index (χ0n) is 10.1. The predicted octanol–water partition coefficient (Wildman–Crippen LogP) is 0.563. The lowest BCUT2D eigenvalue weighted by Gasteiger charge is -2.13. The van der Waals surface area contributed by atoms with Gasteiger partial charge in [0.2, 0.25) is 0 Å². The highest BCUT2D eigenvalue weighted by atomic mass is 32.2. The molecule has 0 aromatic heterocycles. The van der Waals surface area contributed by atoms with Gasteiger partial charge in [-0.3, -0.25) is 4.72 Å². The Morgan fingerprint density at radius 1 is 1.44 bits per heavy atom. The number of ether oxygens (including phenoxy) is 1. The van der Waals surface area contributed by atoms with Crippen molar-refractivity contribution in [3.63, 3.8) is 0 Å². The minimum Gasteiger partial charge on any atom is -0.495 e. The number of anilines is 1. The third kappa shape index (κ3) is 3.34. The molecular formula is C11H17N3O3S. The van der Waals surface area contributed by atoms with E-state index < -0.39 is 10.2 Å². The fourth-order valence-corrected chi connectivity index (χ4v) is 2.73. The normalized spacial score (nSPS) is 15.4. The van der Waals surface area contributed by atoms with E-state index in [1.165, 1.54) is 7.11 Å². The fraction of sp³-hybridized carbons (Fsp3) is 0.455. The first-order valence-electron chi connectivity index (χ1n) is 5.71. The second-order valence-corrected chi connectivity index (χ2v) is 5.68. The summed E-state index contributed by atoms with van der Waals surface area (Å²) in [7, 11) is -2.05. The highest BCUT2D eigenvalue weighted by molar-refractivity contribution is 7.90. The molecule has 1 aromatic carbocycles. The zero-order chi connectivity index (χ0) is 13.2. The summed E-state index contributed by atoms with van der Waals surface area (Å²) in [5, 5.41) is 0. The minimum atomic E-state index is -3.53. The minimum absolute atomic E-state index is 0.0665. The van der Waals surface area contributed by atoms with Gasteiger partial charge < -0.3 is 10.5 Å². The summed E-state index contributed by atoms with van der Waals surface area (Å²) < 4.78 is 33.7. The molecule has 0 bridgehead atoms. The molecule has 0 spiro atoms. The standard InChI is InChI=1S/C11H17N3O3S/c1-17-11-6-8(7-12)2-5-10(11)14-18(15,16)13-9-3-4-9/h2,5-6,9,13-14H,3-4,7,12H2,1H3. The van der Waals surface area contributed by atoms with Crippen LogP contribution in [0.15, 0.2) is 18.2 Å². The summed E-state index contributed by atoms with van der Waals surface area (Å²) in [6.07, 6.45) is 1.79. The largest absolute Gasteiger partial charge is 0.495 e. The van der Waals surface area contributed by atoms with Gasteiger partial charge in [-0.05, 0) is 30.5 Å². The van der Waals surface area contributed by atoms with E-state index in [1.807, 2.05) is 0 Å². The molecule has 100 valence electrons. The van der Waals surface area contributed by atoms with Crippen molar-refractivity contribution in [1.29, 1.82) is 0 Å². The third-order valence-corrected chi connectivity index (χ3v) is 3.78. The Hall–Kier alpha value is -1.31. The zero-order valence-corrected chi connectivity index (χ0v) is 11.0. The van der Waals surface area contributed by atoms with Crippen molar-refractivity contribution in [2.24, 2.45) is 5.73 Å². The number of nitrogens with two attached hydrogens (primary N) is 1. The van der Waals surface area contributed by atoms with Gasteiger partial charge in [-0.15, -0.1) is 0 Å². The Bertz CT molecular complexity index is 526. The van der Waals surface area contributed by atoms with Gasteiger partial charge in [0.1, 0.15) is 5.75 Å². The van der Waals surface area contributed by atoms with Gasteiger partial charge in [-0.2, -0.15) is 13.1 Å². The molecule has 0 saturated heterocycles. The van der Waals surface area contributed by atoms with E-state index in [9.17, 15) is 8.42 Å². The average molecular weight is 271 g/mol. The van der Waals surface area contributed by atoms with Crippen molar-refractivity contribution in [2.45, 2.75) is 25.4 Å². The van der Waals surface area contributed by atoms with Crippen LogP contribution in [-0.2, 0) is 16.8 Å². The smallest absolute Gasteiger partial charge is 0.299 e. The molecule has 1 aliphatic rings. The van der Waals surface area contributed by atoms with Crippen LogP contribution in [-0.4, -0.2) is 21.6 Å². The maximum Gasteiger partial charge on any atom is 0.299 e. The van der Waals surface area contributed by atoms with Gasteiger partial charge in [0.05, 0.1) is 12.8 Å². The van der Waals surface area contributed by atoms with E-state index in [4.69, 9.17) is 10.5 Å². The summed E-state index contributed by atoms with van der Waals surface area (Å²) in [5.74, 6) is 0.458. The number of methoxy groups -OCH3 is 1. The molecule has 4 N–H and O–H groups in total. The second-order valence-electron chi connectivity index (χ2n) is 4.24. The molecule has 1 saturated carbocycles. The first kappa shape index (κ1) is 13.1. The summed E-state index contributed by atoms with van der Waals surface area (Å²) in [6.45, 7) is 0.379. The molecule has 0 radical (unpaired) electrons. The molecule has 2 rings (SSSR count). The highest BCUT2D eigenvalue weighted by Gasteiger charge is 2.27. The van der Waals surface area contributed by atoms with Crippen molar-refractivity contribution in [3.05, 3.63) is 23.8 Å². The van der Waals surface area contributed by atoms with Crippen LogP contribution >= 0.6 is 0 Å². The Kier molecular flexibility index (Phi) is 3.74. The van der Waals surface area contributed by atoms with E-state index in [-0.39, 0.29) is 6.04 Å². The van der Waals surface area contributed by atoms with Gasteiger partial charge in [-0.1, -0.05) is 6.07 Å². The number of benzene rings is 1. The number of nitrogens with one attached hydrogen (secondary N) is 2. The number of hydrogen-bond acceptors (Lipinski definition) is 4. The topological polar surface area (TPSA) is 93.4 Å². The molecule has 0 amide bonds. The van der Waals surface area contributed by atoms with E-state index >= 15 is 0 Å². The van der Waals surface area contributed by atoms with E-state index in [2.05, 4.69) is 9.44 Å². The highest BCUT2D eigenvalue weighted by Crippen LogP contribution is 2.27. The molecule has 0 aliphatic heterocycles. The Morgan fingerprint density at radius 2 is 2.17 bits per heavy atom. The molecule has 1 aromatic rings. The van der Waals surface area contributed by atoms with Crippen LogP contribution in [0.2, 0.25) is 0 Å². The van der Waals surface area contributed by atoms with Gasteiger partial charge in [-0.25, -0.2) is 0 Å². The lowest BCUT2D eigenvalue weighted by atomic mass is 10.2. The number of rotatable bonds is 6. The average Bonchev–Trinajstić information content (AvgIpc) is 3.12. The van der Waals surface area contributed by atoms with Crippen LogP contribution in [0.1, 0.15) is 18.4 Å². The Balaban J connectivity index is 2.16. The Labute approximate surface area is 107 Å². The maximum absolute atomic E-state index is 11.8. The Morgan fingerprint density at radius 3 is 2.72 bits per heavy atom. The van der Waals surface area contributed by atoms with Gasteiger partial charge in [0, 0.05) is 12.6 Å². The quantitative estimate of drug-likeness (QED) is 0.705. The molecule has 1 aliphatic carbocycles. The van der Waals surface area contributed by atoms with Crippen molar-refractivity contribution in [2.75, 3.05) is 11.8 Å². The first-order valence-corrected chi connectivity index (χ1v) is 7.19. The van der Waals surface area contributed by atoms with Crippen LogP contribution < -0.4 is 19.9 Å². The molecular weight excluding hydrogens is 254 g/mol. The monoisotopic (exact) mass is 271 g/mol. The predicted molar refractivity (Wildman–Crippen MR) is 69.6 cm³/mol. The van der Waals surface area contributed by atoms with E-state index in [0.29, 0.717) is 18.0 Å². The second kappa shape index (κ2) is 5.13. The van der Waals surface area contributed by atoms with Crippen LogP contribution in [0, 0.1) is 0 Å². The molecule has 7 heteroatoms. The van der Waals surface area contributed by atoms with Crippen LogP contribution in [0.3, 0.4) is 0 Å². The van der Waals surface area contributed by atoms with E-state index in [0.717, 1.165) is 18.4 Å². The molecule has 0 atom stereocenters. The number of hydrogen-bond donors (Lipinski definition) is 3. The van der Waals surface area contributed by atoms with Crippen molar-refractivity contribution in [3.8, 4) is 5.75 Å². The van der Waals surface area contributed by atoms with Crippen LogP contribution in [0.25, 0.3) is 0 Å². The lowest BCUT2D eigenvalue weighted by molar-refractivity contribution is 0.416. The van der Waals surface area contributed by atoms with Crippen molar-refractivity contribution in [1.82, 2.24) is 4.72 Å². The van der Waals surface area contributed by atoms with Gasteiger partial charge >= 0.3 is 0 Å². The summed E-state index contributed by atoms with van der Waals surface area (Å²) in [5.41, 5.74) is 6.80. The third-order valence-electron chi connectivity index (χ3n) is 2.65. The molecule has 0 unspecified atom stereocenters. The maximum atomic E-state index is 11.8. The van der Waals surface area contributed by atoms with Crippen LogP contribution in [0.5, 0.6) is 5.75 Å². The lowest BCUT2D eigenvalue weighted by Crippen LogP contribution is -2.31.